The van der Waals surface area contributed by atoms with E-state index in [2.05, 4.69) is 7.05 Å². The van der Waals surface area contributed by atoms with Crippen molar-refractivity contribution in [3.05, 3.63) is 80.4 Å². The number of carbonyl (C=O) groups is 1. The molecule has 0 amide bonds. The van der Waals surface area contributed by atoms with E-state index in [1.165, 1.54) is 34.8 Å². The lowest BCUT2D eigenvalue weighted by Crippen LogP contribution is -3.00. The Morgan fingerprint density at radius 3 is 2.15 bits per heavy atom. The van der Waals surface area contributed by atoms with Gasteiger partial charge in [-0.25, -0.2) is 9.18 Å². The molecule has 6 rings (SSSR count). The first-order chi connectivity index (χ1) is 15.9. The molecule has 0 aliphatic carbocycles. The van der Waals surface area contributed by atoms with Crippen LogP contribution in [0.4, 0.5) is 4.39 Å². The van der Waals surface area contributed by atoms with E-state index in [0.717, 1.165) is 16.6 Å². The summed E-state index contributed by atoms with van der Waals surface area (Å²) in [7, 11) is 2.24. The van der Waals surface area contributed by atoms with Gasteiger partial charge in [0.15, 0.2) is 0 Å². The van der Waals surface area contributed by atoms with Crippen LogP contribution in [0.3, 0.4) is 0 Å². The SMILES string of the molecule is C[N+]1(Cc2ccc(F)cc2)[C@@H]2CC(OC(=O)C(O)(c3cccs3)c3cccs3)C[C@H]1C1OC12.[Br-]. The number of halogens is 2. The fourth-order valence-electron chi connectivity index (χ4n) is 5.90. The summed E-state index contributed by atoms with van der Waals surface area (Å²) in [6.07, 6.45) is 1.46. The highest BCUT2D eigenvalue weighted by molar-refractivity contribution is 7.12. The van der Waals surface area contributed by atoms with Gasteiger partial charge in [-0.15, -0.1) is 22.7 Å². The normalized spacial score (nSPS) is 31.4. The molecule has 0 radical (unpaired) electrons. The van der Waals surface area contributed by atoms with Crippen molar-refractivity contribution in [1.29, 1.82) is 0 Å². The molecular weight excluding hydrogens is 541 g/mol. The first-order valence-electron chi connectivity index (χ1n) is 11.2. The van der Waals surface area contributed by atoms with Gasteiger partial charge in [-0.1, -0.05) is 24.3 Å². The van der Waals surface area contributed by atoms with E-state index in [0.29, 0.717) is 22.6 Å². The van der Waals surface area contributed by atoms with Gasteiger partial charge in [0.05, 0.1) is 16.8 Å². The Morgan fingerprint density at radius 1 is 1.09 bits per heavy atom. The van der Waals surface area contributed by atoms with Crippen LogP contribution in [0.2, 0.25) is 0 Å². The maximum Gasteiger partial charge on any atom is 0.349 e. The van der Waals surface area contributed by atoms with E-state index in [4.69, 9.17) is 9.47 Å². The molecule has 3 aliphatic rings. The first kappa shape index (κ1) is 24.1. The number of likely N-dealkylation sites (N-methyl/N-ethyl adjacent to an activating group) is 1. The highest BCUT2D eigenvalue weighted by Crippen LogP contribution is 2.53. The van der Waals surface area contributed by atoms with Gasteiger partial charge in [0.2, 0.25) is 5.60 Å². The van der Waals surface area contributed by atoms with Crippen molar-refractivity contribution in [3.8, 4) is 0 Å². The van der Waals surface area contributed by atoms with Crippen LogP contribution in [-0.4, -0.2) is 53.0 Å². The van der Waals surface area contributed by atoms with Crippen LogP contribution in [0.5, 0.6) is 0 Å². The molecule has 5 heterocycles. The van der Waals surface area contributed by atoms with Gasteiger partial charge in [0.1, 0.15) is 42.8 Å². The van der Waals surface area contributed by atoms with Gasteiger partial charge in [-0.05, 0) is 35.0 Å². The van der Waals surface area contributed by atoms with Gasteiger partial charge in [0.25, 0.3) is 0 Å². The average Bonchev–Trinajstić information content (AvgIpc) is 3.15. The number of hydrogen-bond acceptors (Lipinski definition) is 6. The summed E-state index contributed by atoms with van der Waals surface area (Å²) in [5, 5.41) is 15.3. The molecule has 34 heavy (non-hydrogen) atoms. The number of morpholine rings is 1. The molecule has 1 aromatic carbocycles. The second-order valence-electron chi connectivity index (χ2n) is 9.50. The summed E-state index contributed by atoms with van der Waals surface area (Å²) in [4.78, 5) is 14.5. The average molecular weight is 567 g/mol. The van der Waals surface area contributed by atoms with Crippen LogP contribution in [0, 0.1) is 5.82 Å². The second kappa shape index (κ2) is 8.80. The number of epoxide rings is 1. The van der Waals surface area contributed by atoms with Gasteiger partial charge < -0.3 is 36.0 Å². The van der Waals surface area contributed by atoms with Gasteiger partial charge in [0, 0.05) is 18.4 Å². The van der Waals surface area contributed by atoms with Crippen LogP contribution in [0.15, 0.2) is 59.3 Å². The number of piperidine rings is 1. The van der Waals surface area contributed by atoms with E-state index < -0.39 is 11.6 Å². The van der Waals surface area contributed by atoms with Crippen LogP contribution in [0.1, 0.15) is 28.2 Å². The number of carbonyl (C=O) groups excluding carboxylic acids is 1. The fourth-order valence-corrected chi connectivity index (χ4v) is 7.61. The van der Waals surface area contributed by atoms with Crippen molar-refractivity contribution in [2.24, 2.45) is 0 Å². The topological polar surface area (TPSA) is 59.1 Å². The fraction of sp³-hybridized carbons (Fsp3) is 0.400. The van der Waals surface area contributed by atoms with E-state index >= 15 is 0 Å². The lowest BCUT2D eigenvalue weighted by atomic mass is 9.93. The van der Waals surface area contributed by atoms with Crippen LogP contribution < -0.4 is 17.0 Å². The van der Waals surface area contributed by atoms with Crippen LogP contribution in [-0.2, 0) is 26.4 Å². The summed E-state index contributed by atoms with van der Waals surface area (Å²) in [5.41, 5.74) is -0.694. The van der Waals surface area contributed by atoms with E-state index in [1.54, 1.807) is 12.1 Å². The summed E-state index contributed by atoms with van der Waals surface area (Å²) in [6.45, 7) is 0.793. The van der Waals surface area contributed by atoms with Crippen molar-refractivity contribution in [2.45, 2.75) is 55.4 Å². The zero-order valence-corrected chi connectivity index (χ0v) is 21.7. The van der Waals surface area contributed by atoms with Crippen molar-refractivity contribution < 1.29 is 45.2 Å². The molecule has 9 heteroatoms. The third kappa shape index (κ3) is 3.77. The Bertz CT molecular complexity index is 1100. The lowest BCUT2D eigenvalue weighted by molar-refractivity contribution is -0.968. The highest BCUT2D eigenvalue weighted by Gasteiger charge is 2.72. The molecule has 5 nitrogen and oxygen atoms in total. The Labute approximate surface area is 216 Å². The minimum Gasteiger partial charge on any atom is -1.00 e. The number of benzene rings is 1. The second-order valence-corrected chi connectivity index (χ2v) is 11.4. The van der Waals surface area contributed by atoms with Crippen LogP contribution in [0.25, 0.3) is 0 Å². The smallest absolute Gasteiger partial charge is 0.349 e. The molecular formula is C25H25BrFNO4S2. The highest BCUT2D eigenvalue weighted by atomic mass is 79.9. The molecule has 0 spiro atoms. The summed E-state index contributed by atoms with van der Waals surface area (Å²) >= 11 is 2.69. The number of aliphatic hydroxyl groups is 1. The minimum absolute atomic E-state index is 0. The van der Waals surface area contributed by atoms with E-state index in [1.807, 2.05) is 35.0 Å². The number of hydrogen-bond donors (Lipinski definition) is 1. The molecule has 0 saturated carbocycles. The predicted molar refractivity (Wildman–Crippen MR) is 123 cm³/mol. The Kier molecular flexibility index (Phi) is 6.23. The number of fused-ring (bicyclic) bond motifs is 5. The van der Waals surface area contributed by atoms with Crippen LogP contribution >= 0.6 is 22.7 Å². The van der Waals surface area contributed by atoms with E-state index in [9.17, 15) is 14.3 Å². The molecule has 6 atom stereocenters. The first-order valence-corrected chi connectivity index (χ1v) is 12.9. The maximum atomic E-state index is 13.4. The molecule has 3 saturated heterocycles. The Morgan fingerprint density at radius 2 is 1.65 bits per heavy atom. The van der Waals surface area contributed by atoms with Crippen molar-refractivity contribution in [3.63, 3.8) is 0 Å². The number of quaternary nitrogens is 1. The third-order valence-electron chi connectivity index (χ3n) is 7.61. The molecule has 3 aromatic rings. The predicted octanol–water partition coefficient (Wildman–Crippen LogP) is 1.06. The summed E-state index contributed by atoms with van der Waals surface area (Å²) in [6, 6.07) is 14.3. The van der Waals surface area contributed by atoms with Gasteiger partial charge in [-0.3, -0.25) is 0 Å². The molecule has 2 aromatic heterocycles. The van der Waals surface area contributed by atoms with Crippen molar-refractivity contribution in [1.82, 2.24) is 0 Å². The Hall–Kier alpha value is -1.62. The van der Waals surface area contributed by atoms with Gasteiger partial charge in [-0.2, -0.15) is 0 Å². The number of rotatable bonds is 6. The molecule has 2 bridgehead atoms. The molecule has 3 fully saturated rings. The monoisotopic (exact) mass is 565 g/mol. The van der Waals surface area contributed by atoms with Crippen molar-refractivity contribution >= 4 is 28.6 Å². The number of esters is 1. The summed E-state index contributed by atoms with van der Waals surface area (Å²) < 4.78 is 26.2. The molecule has 4 unspecified atom stereocenters. The quantitative estimate of drug-likeness (QED) is 0.276. The largest absolute Gasteiger partial charge is 1.00 e. The number of nitrogens with zero attached hydrogens (tertiary/aromatic N) is 1. The zero-order chi connectivity index (χ0) is 22.8. The molecule has 1 N–H and O–H groups in total. The molecule has 180 valence electrons. The standard InChI is InChI=1S/C25H25FNO4S2.BrH/c1-27(14-15-6-8-16(26)9-7-15)18-12-17(13-19(27)23-22(18)31-23)30-24(28)25(29,20-4-2-10-32-20)21-5-3-11-33-21;/h2-11,17-19,22-23,29H,12-14H2,1H3;1H/q+1;/p-1/t17?,18-,19+,22?,23?,27?;. The Balaban J connectivity index is 0.00000241. The van der Waals surface area contributed by atoms with Crippen molar-refractivity contribution in [2.75, 3.05) is 7.05 Å². The third-order valence-corrected chi connectivity index (χ3v) is 9.56. The molecule has 3 aliphatic heterocycles. The number of thiophene rings is 2. The number of ether oxygens (including phenoxy) is 2. The summed E-state index contributed by atoms with van der Waals surface area (Å²) in [5.74, 6) is -0.842. The van der Waals surface area contributed by atoms with Gasteiger partial charge >= 0.3 is 5.97 Å². The zero-order valence-electron chi connectivity index (χ0n) is 18.5. The van der Waals surface area contributed by atoms with E-state index in [-0.39, 0.29) is 53.2 Å². The lowest BCUT2D eigenvalue weighted by Gasteiger charge is -2.48. The maximum absolute atomic E-state index is 13.4. The minimum atomic E-state index is -1.79.